The Morgan fingerprint density at radius 1 is 0.491 bits per heavy atom. The lowest BCUT2D eigenvalue weighted by atomic mass is 9.86. The lowest BCUT2D eigenvalue weighted by molar-refractivity contribution is -0.254. The molecule has 6 aromatic rings. The topological polar surface area (TPSA) is 0 Å². The average molecular weight is 783 g/mol. The molecule has 8 heteroatoms. The fraction of sp³-hybridized carbons (Fsp3) is 0.234. The molecule has 282 valence electrons. The van der Waals surface area contributed by atoms with Gasteiger partial charge in [0.15, 0.2) is 0 Å². The highest BCUT2D eigenvalue weighted by atomic mass is 32.1. The van der Waals surface area contributed by atoms with Gasteiger partial charge < -0.3 is 0 Å². The summed E-state index contributed by atoms with van der Waals surface area (Å²) in [6.45, 7) is 16.1. The first-order valence-electron chi connectivity index (χ1n) is 17.9. The van der Waals surface area contributed by atoms with Gasteiger partial charge in [0.1, 0.15) is 0 Å². The van der Waals surface area contributed by atoms with Crippen molar-refractivity contribution in [2.45, 2.75) is 70.1 Å². The van der Waals surface area contributed by atoms with Crippen LogP contribution < -0.4 is 0 Å². The van der Waals surface area contributed by atoms with E-state index in [9.17, 15) is 0 Å². The summed E-state index contributed by atoms with van der Waals surface area (Å²) >= 11 is 2.21. The zero-order chi connectivity index (χ0) is 39.7. The molecule has 0 saturated carbocycles. The summed E-state index contributed by atoms with van der Waals surface area (Å²) in [5.74, 6) is -16.2. The molecule has 1 aliphatic rings. The van der Waals surface area contributed by atoms with Gasteiger partial charge in [-0.25, -0.2) is 0 Å². The normalized spacial score (nSPS) is 16.4. The van der Waals surface area contributed by atoms with Gasteiger partial charge in [0.2, 0.25) is 0 Å². The Balaban J connectivity index is 1.55. The van der Waals surface area contributed by atoms with Crippen LogP contribution in [-0.2, 0) is 10.8 Å². The SMILES string of the molecule is C=Cc1ccc(-c2cc(C3=C(c4cc(-c5ccc(C(C)(C)C)cc5)sc4-c4ccc(C(C)(C)C)cc4)C(F)(F)C(F)(F)C3(F)F)c(-c3ccccc3)s2)cc1. The number of rotatable bonds is 7. The molecule has 4 aromatic carbocycles. The molecule has 1 aliphatic carbocycles. The maximum absolute atomic E-state index is 16.7. The molecule has 55 heavy (non-hydrogen) atoms. The maximum Gasteiger partial charge on any atom is 0.380 e. The molecule has 0 N–H and O–H groups in total. The van der Waals surface area contributed by atoms with Crippen LogP contribution in [0.5, 0.6) is 0 Å². The van der Waals surface area contributed by atoms with E-state index in [0.717, 1.165) is 39.4 Å². The molecule has 0 atom stereocenters. The lowest BCUT2D eigenvalue weighted by Gasteiger charge is -2.26. The highest BCUT2D eigenvalue weighted by molar-refractivity contribution is 7.19. The van der Waals surface area contributed by atoms with Crippen LogP contribution in [0.25, 0.3) is 59.0 Å². The van der Waals surface area contributed by atoms with E-state index in [0.29, 0.717) is 32.0 Å². The molecular weight excluding hydrogens is 743 g/mol. The van der Waals surface area contributed by atoms with Crippen molar-refractivity contribution < 1.29 is 26.3 Å². The third kappa shape index (κ3) is 6.61. The average Bonchev–Trinajstić information content (AvgIpc) is 3.81. The second-order valence-corrected chi connectivity index (χ2v) is 18.1. The third-order valence-electron chi connectivity index (χ3n) is 10.2. The summed E-state index contributed by atoms with van der Waals surface area (Å²) in [5, 5.41) is 0. The number of alkyl halides is 6. The minimum Gasteiger partial charge on any atom is -0.194 e. The molecule has 7 rings (SSSR count). The van der Waals surface area contributed by atoms with E-state index in [1.807, 2.05) is 57.2 Å². The predicted octanol–water partition coefficient (Wildman–Crippen LogP) is 15.5. The molecule has 0 aliphatic heterocycles. The third-order valence-corrected chi connectivity index (χ3v) is 12.7. The smallest absolute Gasteiger partial charge is 0.194 e. The summed E-state index contributed by atoms with van der Waals surface area (Å²) in [6.07, 6.45) is 1.65. The summed E-state index contributed by atoms with van der Waals surface area (Å²) in [7, 11) is 0. The van der Waals surface area contributed by atoms with Crippen LogP contribution in [-0.4, -0.2) is 17.8 Å². The molecule has 2 aromatic heterocycles. The van der Waals surface area contributed by atoms with Crippen molar-refractivity contribution >= 4 is 39.9 Å². The van der Waals surface area contributed by atoms with Gasteiger partial charge in [0.25, 0.3) is 0 Å². The fourth-order valence-corrected chi connectivity index (χ4v) is 9.28. The summed E-state index contributed by atoms with van der Waals surface area (Å²) in [5.41, 5.74) is 1.19. The second-order valence-electron chi connectivity index (χ2n) is 16.0. The minimum atomic E-state index is -5.73. The molecule has 0 radical (unpaired) electrons. The molecule has 2 heterocycles. The van der Waals surface area contributed by atoms with Gasteiger partial charge in [-0.15, -0.1) is 22.7 Å². The summed E-state index contributed by atoms with van der Waals surface area (Å²) in [4.78, 5) is 1.35. The maximum atomic E-state index is 16.7. The molecule has 0 unspecified atom stereocenters. The number of thiophene rings is 2. The Labute approximate surface area is 326 Å². The van der Waals surface area contributed by atoms with Crippen molar-refractivity contribution in [3.05, 3.63) is 150 Å². The van der Waals surface area contributed by atoms with Crippen LogP contribution in [0.4, 0.5) is 26.3 Å². The van der Waals surface area contributed by atoms with E-state index >= 15 is 26.3 Å². The van der Waals surface area contributed by atoms with Crippen molar-refractivity contribution in [3.8, 4) is 41.8 Å². The van der Waals surface area contributed by atoms with Gasteiger partial charge in [0, 0.05) is 41.8 Å². The lowest BCUT2D eigenvalue weighted by Crippen LogP contribution is -2.48. The van der Waals surface area contributed by atoms with Crippen molar-refractivity contribution in [1.82, 2.24) is 0 Å². The number of hydrogen-bond donors (Lipinski definition) is 0. The number of halogens is 6. The molecule has 0 amide bonds. The van der Waals surface area contributed by atoms with Gasteiger partial charge in [0.05, 0.1) is 0 Å². The number of hydrogen-bond acceptors (Lipinski definition) is 2. The molecule has 0 nitrogen and oxygen atoms in total. The second kappa shape index (κ2) is 13.5. The van der Waals surface area contributed by atoms with Gasteiger partial charge >= 0.3 is 17.8 Å². The van der Waals surface area contributed by atoms with Crippen LogP contribution in [0.15, 0.2) is 122 Å². The standard InChI is InChI=1S/C47H40F6S2/c1-8-28-14-16-29(17-15-28)37-26-35(41(54-37)31-12-10-9-11-13-31)39-40(46(50,51)47(52,53)45(39,48)49)36-27-38(30-18-22-33(23-19-30)43(2,3)4)55-42(36)32-20-24-34(25-21-32)44(5,6)7/h8-27H,1H2,2-7H3. The fourth-order valence-electron chi connectivity index (χ4n) is 6.93. The van der Waals surface area contributed by atoms with E-state index in [-0.39, 0.29) is 31.7 Å². The van der Waals surface area contributed by atoms with E-state index in [1.165, 1.54) is 12.1 Å². The van der Waals surface area contributed by atoms with Crippen molar-refractivity contribution in [1.29, 1.82) is 0 Å². The molecule has 0 fully saturated rings. The van der Waals surface area contributed by atoms with E-state index in [1.54, 1.807) is 72.8 Å². The first-order valence-corrected chi connectivity index (χ1v) is 19.6. The zero-order valence-electron chi connectivity index (χ0n) is 31.3. The number of allylic oxidation sites excluding steroid dienone is 2. The largest absolute Gasteiger partial charge is 0.380 e. The van der Waals surface area contributed by atoms with E-state index in [2.05, 4.69) is 27.4 Å². The molecule has 0 spiro atoms. The Morgan fingerprint density at radius 2 is 0.855 bits per heavy atom. The first-order chi connectivity index (χ1) is 25.8. The first kappa shape index (κ1) is 38.6. The van der Waals surface area contributed by atoms with Crippen LogP contribution in [0.1, 0.15) is 69.4 Å². The quantitative estimate of drug-likeness (QED) is 0.142. The van der Waals surface area contributed by atoms with Gasteiger partial charge in [-0.2, -0.15) is 26.3 Å². The Bertz CT molecular complexity index is 2400. The molecule has 0 bridgehead atoms. The van der Waals surface area contributed by atoms with Crippen LogP contribution in [0.3, 0.4) is 0 Å². The highest BCUT2D eigenvalue weighted by Crippen LogP contribution is 2.67. The molecular formula is C47H40F6S2. The summed E-state index contributed by atoms with van der Waals surface area (Å²) in [6, 6.07) is 33.1. The Morgan fingerprint density at radius 3 is 1.24 bits per heavy atom. The minimum absolute atomic E-state index is 0.161. The Kier molecular flexibility index (Phi) is 9.49. The molecule has 0 saturated heterocycles. The van der Waals surface area contributed by atoms with Crippen molar-refractivity contribution in [2.24, 2.45) is 0 Å². The van der Waals surface area contributed by atoms with Crippen LogP contribution >= 0.6 is 22.7 Å². The summed E-state index contributed by atoms with van der Waals surface area (Å²) < 4.78 is 98.6. The van der Waals surface area contributed by atoms with Crippen LogP contribution in [0, 0.1) is 0 Å². The number of benzene rings is 4. The van der Waals surface area contributed by atoms with Gasteiger partial charge in [-0.1, -0.05) is 157 Å². The van der Waals surface area contributed by atoms with Gasteiger partial charge in [-0.05, 0) is 61.9 Å². The van der Waals surface area contributed by atoms with E-state index < -0.39 is 28.9 Å². The zero-order valence-corrected chi connectivity index (χ0v) is 33.0. The van der Waals surface area contributed by atoms with Gasteiger partial charge in [-0.3, -0.25) is 0 Å². The van der Waals surface area contributed by atoms with Crippen LogP contribution in [0.2, 0.25) is 0 Å². The van der Waals surface area contributed by atoms with E-state index in [4.69, 9.17) is 0 Å². The Hall–Kier alpha value is -4.66. The highest BCUT2D eigenvalue weighted by Gasteiger charge is 2.80. The monoisotopic (exact) mass is 782 g/mol. The van der Waals surface area contributed by atoms with Crippen molar-refractivity contribution in [3.63, 3.8) is 0 Å². The predicted molar refractivity (Wildman–Crippen MR) is 220 cm³/mol. The van der Waals surface area contributed by atoms with Crippen molar-refractivity contribution in [2.75, 3.05) is 0 Å².